The second-order valence-corrected chi connectivity index (χ2v) is 11.3. The van der Waals surface area contributed by atoms with Crippen LogP contribution in [-0.2, 0) is 11.3 Å². The maximum atomic E-state index is 10.9. The third kappa shape index (κ3) is 7.75. The highest BCUT2D eigenvalue weighted by Gasteiger charge is 2.21. The van der Waals surface area contributed by atoms with E-state index in [1.165, 1.54) is 0 Å². The number of benzene rings is 1. The molecule has 3 aromatic rings. The number of aromatic nitrogens is 2. The van der Waals surface area contributed by atoms with Gasteiger partial charge in [-0.25, -0.2) is 14.8 Å². The molecule has 1 amide bonds. The van der Waals surface area contributed by atoms with Crippen molar-refractivity contribution < 1.29 is 14.3 Å². The van der Waals surface area contributed by atoms with Gasteiger partial charge in [-0.2, -0.15) is 0 Å². The molecule has 2 fully saturated rings. The second-order valence-electron chi connectivity index (χ2n) is 10.5. The van der Waals surface area contributed by atoms with Gasteiger partial charge in [-0.3, -0.25) is 4.90 Å². The van der Waals surface area contributed by atoms with Crippen LogP contribution in [0.1, 0.15) is 18.4 Å². The van der Waals surface area contributed by atoms with Crippen LogP contribution in [-0.4, -0.2) is 78.8 Å². The molecule has 2 aliphatic heterocycles. The first-order chi connectivity index (χ1) is 19.3. The van der Waals surface area contributed by atoms with Gasteiger partial charge in [-0.15, -0.1) is 0 Å². The van der Waals surface area contributed by atoms with E-state index in [2.05, 4.69) is 26.7 Å². The summed E-state index contributed by atoms with van der Waals surface area (Å²) in [7, 11) is 2.14. The number of piperazine rings is 1. The Labute approximate surface area is 244 Å². The molecule has 0 bridgehead atoms. The summed E-state index contributed by atoms with van der Waals surface area (Å²) in [4.78, 5) is 27.4. The van der Waals surface area contributed by atoms with Crippen molar-refractivity contribution in [3.63, 3.8) is 0 Å². The van der Waals surface area contributed by atoms with E-state index in [1.807, 2.05) is 36.4 Å². The first-order valence-electron chi connectivity index (χ1n) is 13.5. The van der Waals surface area contributed by atoms with E-state index in [9.17, 15) is 4.79 Å². The quantitative estimate of drug-likeness (QED) is 0.381. The number of carbonyl (C=O) groups excluding carboxylic acids is 1. The number of ether oxygens (including phenoxy) is 2. The molecule has 0 aliphatic carbocycles. The Kier molecular flexibility index (Phi) is 9.26. The highest BCUT2D eigenvalue weighted by Crippen LogP contribution is 2.31. The maximum absolute atomic E-state index is 10.9. The predicted octanol–water partition coefficient (Wildman–Crippen LogP) is 5.30. The summed E-state index contributed by atoms with van der Waals surface area (Å²) in [5.74, 6) is 2.36. The van der Waals surface area contributed by atoms with E-state index >= 15 is 0 Å². The summed E-state index contributed by atoms with van der Waals surface area (Å²) in [5.41, 5.74) is 7.72. The topological polar surface area (TPSA) is 97.1 Å². The van der Waals surface area contributed by atoms with Crippen LogP contribution < -0.4 is 15.4 Å². The summed E-state index contributed by atoms with van der Waals surface area (Å²) >= 11 is 12.6. The van der Waals surface area contributed by atoms with Crippen LogP contribution in [0.4, 0.5) is 10.6 Å². The van der Waals surface area contributed by atoms with Crippen LogP contribution in [0.25, 0.3) is 11.3 Å². The van der Waals surface area contributed by atoms with Gasteiger partial charge < -0.3 is 25.0 Å². The summed E-state index contributed by atoms with van der Waals surface area (Å²) in [5, 5.41) is 1.09. The molecule has 2 N–H and O–H groups in total. The van der Waals surface area contributed by atoms with Crippen molar-refractivity contribution >= 4 is 35.1 Å². The molecule has 1 aromatic carbocycles. The highest BCUT2D eigenvalue weighted by molar-refractivity contribution is 6.35. The third-order valence-electron chi connectivity index (χ3n) is 7.37. The Hall–Kier alpha value is -3.11. The Bertz CT molecular complexity index is 1290. The molecule has 0 radical (unpaired) electrons. The standard InChI is InChI=1S/C29H34Cl2N6O3/c1-35-8-10-37(11-9-35)27-3-2-25(17-33-27)40-28-13-21(12-26(34-28)22-14-23(30)16-24(31)15-22)18-36-6-4-20(5-7-36)19-39-29(32)38/h2-3,12-17,20H,4-11,18-19H2,1H3,(H2,32,38). The zero-order valence-corrected chi connectivity index (χ0v) is 24.1. The van der Waals surface area contributed by atoms with Gasteiger partial charge in [0.05, 0.1) is 18.5 Å². The third-order valence-corrected chi connectivity index (χ3v) is 7.80. The molecule has 4 heterocycles. The molecule has 40 heavy (non-hydrogen) atoms. The molecule has 9 nitrogen and oxygen atoms in total. The lowest BCUT2D eigenvalue weighted by Gasteiger charge is -2.33. The number of anilines is 1. The van der Waals surface area contributed by atoms with E-state index in [-0.39, 0.29) is 0 Å². The fourth-order valence-corrected chi connectivity index (χ4v) is 5.62. The minimum atomic E-state index is -0.718. The van der Waals surface area contributed by atoms with E-state index in [0.717, 1.165) is 81.3 Å². The molecule has 2 aliphatic rings. The van der Waals surface area contributed by atoms with Crippen molar-refractivity contribution in [2.24, 2.45) is 11.7 Å². The smallest absolute Gasteiger partial charge is 0.404 e. The maximum Gasteiger partial charge on any atom is 0.404 e. The van der Waals surface area contributed by atoms with Gasteiger partial charge in [0.15, 0.2) is 0 Å². The SMILES string of the molecule is CN1CCN(c2ccc(Oc3cc(CN4CCC(COC(N)=O)CC4)cc(-c4cc(Cl)cc(Cl)c4)n3)cn2)CC1. The average molecular weight is 586 g/mol. The van der Waals surface area contributed by atoms with Crippen LogP contribution in [0, 0.1) is 5.92 Å². The average Bonchev–Trinajstić information content (AvgIpc) is 2.93. The van der Waals surface area contributed by atoms with Crippen molar-refractivity contribution in [3.8, 4) is 22.9 Å². The summed E-state index contributed by atoms with van der Waals surface area (Å²) in [6, 6.07) is 13.3. The number of pyridine rings is 2. The van der Waals surface area contributed by atoms with Crippen molar-refractivity contribution in [1.29, 1.82) is 0 Å². The molecule has 2 saturated heterocycles. The summed E-state index contributed by atoms with van der Waals surface area (Å²) in [6.45, 7) is 6.82. The van der Waals surface area contributed by atoms with Crippen LogP contribution in [0.2, 0.25) is 10.0 Å². The highest BCUT2D eigenvalue weighted by atomic mass is 35.5. The molecule has 0 atom stereocenters. The van der Waals surface area contributed by atoms with Gasteiger partial charge in [0.25, 0.3) is 0 Å². The number of hydrogen-bond acceptors (Lipinski definition) is 8. The first-order valence-corrected chi connectivity index (χ1v) is 14.3. The number of rotatable bonds is 8. The summed E-state index contributed by atoms with van der Waals surface area (Å²) < 4.78 is 11.2. The largest absolute Gasteiger partial charge is 0.449 e. The van der Waals surface area contributed by atoms with Crippen molar-refractivity contribution in [3.05, 3.63) is 64.3 Å². The molecular formula is C29H34Cl2N6O3. The molecule has 11 heteroatoms. The minimum absolute atomic E-state index is 0.325. The van der Waals surface area contributed by atoms with Crippen molar-refractivity contribution in [2.45, 2.75) is 19.4 Å². The zero-order valence-electron chi connectivity index (χ0n) is 22.6. The Morgan fingerprint density at radius 3 is 2.38 bits per heavy atom. The lowest BCUT2D eigenvalue weighted by molar-refractivity contribution is 0.1000. The fraction of sp³-hybridized carbons (Fsp3) is 0.414. The van der Waals surface area contributed by atoms with Crippen LogP contribution >= 0.6 is 23.2 Å². The zero-order chi connectivity index (χ0) is 28.1. The Morgan fingerprint density at radius 2 is 1.73 bits per heavy atom. The van der Waals surface area contributed by atoms with Gasteiger partial charge in [0, 0.05) is 54.4 Å². The molecule has 212 valence electrons. The number of halogens is 2. The number of piperidine rings is 1. The molecular weight excluding hydrogens is 551 g/mol. The lowest BCUT2D eigenvalue weighted by Crippen LogP contribution is -2.44. The van der Waals surface area contributed by atoms with Crippen molar-refractivity contribution in [1.82, 2.24) is 19.8 Å². The lowest BCUT2D eigenvalue weighted by atomic mass is 9.97. The van der Waals surface area contributed by atoms with Gasteiger partial charge >= 0.3 is 6.09 Å². The first kappa shape index (κ1) is 28.4. The number of likely N-dealkylation sites (tertiary alicyclic amines) is 1. The van der Waals surface area contributed by atoms with Gasteiger partial charge in [-0.05, 0) is 80.9 Å². The number of hydrogen-bond donors (Lipinski definition) is 1. The minimum Gasteiger partial charge on any atom is -0.449 e. The molecule has 0 spiro atoms. The second kappa shape index (κ2) is 13.0. The predicted molar refractivity (Wildman–Crippen MR) is 157 cm³/mol. The Morgan fingerprint density at radius 1 is 1.00 bits per heavy atom. The van der Waals surface area contributed by atoms with E-state index in [0.29, 0.717) is 34.2 Å². The van der Waals surface area contributed by atoms with Crippen LogP contribution in [0.3, 0.4) is 0 Å². The number of nitrogens with two attached hydrogens (primary N) is 1. The Balaban J connectivity index is 1.32. The molecule has 2 aromatic heterocycles. The molecule has 5 rings (SSSR count). The monoisotopic (exact) mass is 584 g/mol. The van der Waals surface area contributed by atoms with E-state index < -0.39 is 6.09 Å². The number of primary amides is 1. The number of likely N-dealkylation sites (N-methyl/N-ethyl adjacent to an activating group) is 1. The van der Waals surface area contributed by atoms with E-state index in [1.54, 1.807) is 12.3 Å². The fourth-order valence-electron chi connectivity index (χ4n) is 5.10. The van der Waals surface area contributed by atoms with Gasteiger partial charge in [0.1, 0.15) is 11.6 Å². The number of nitrogens with zero attached hydrogens (tertiary/aromatic N) is 5. The number of carbonyl (C=O) groups is 1. The molecule has 0 unspecified atom stereocenters. The van der Waals surface area contributed by atoms with Gasteiger partial charge in [-0.1, -0.05) is 23.2 Å². The molecule has 0 saturated carbocycles. The summed E-state index contributed by atoms with van der Waals surface area (Å²) in [6.07, 6.45) is 2.90. The van der Waals surface area contributed by atoms with Crippen LogP contribution in [0.5, 0.6) is 11.6 Å². The van der Waals surface area contributed by atoms with Gasteiger partial charge in [0.2, 0.25) is 5.88 Å². The van der Waals surface area contributed by atoms with Crippen LogP contribution in [0.15, 0.2) is 48.7 Å². The van der Waals surface area contributed by atoms with E-state index in [4.69, 9.17) is 43.4 Å². The number of amides is 1. The normalized spacial score (nSPS) is 17.1. The van der Waals surface area contributed by atoms with Crippen molar-refractivity contribution in [2.75, 3.05) is 57.8 Å².